The van der Waals surface area contributed by atoms with Gasteiger partial charge in [0.25, 0.3) is 0 Å². The van der Waals surface area contributed by atoms with Gasteiger partial charge in [0.2, 0.25) is 0 Å². The Kier molecular flexibility index (Phi) is 2.25. The molecule has 3 nitrogen and oxygen atoms in total. The lowest BCUT2D eigenvalue weighted by Gasteiger charge is -2.16. The van der Waals surface area contributed by atoms with Crippen LogP contribution in [0.2, 0.25) is 0 Å². The molecule has 2 aromatic heterocycles. The molecule has 3 heteroatoms. The van der Waals surface area contributed by atoms with E-state index in [1.54, 1.807) is 6.20 Å². The van der Waals surface area contributed by atoms with Gasteiger partial charge in [0.1, 0.15) is 0 Å². The van der Waals surface area contributed by atoms with E-state index in [2.05, 4.69) is 37.8 Å². The minimum absolute atomic E-state index is 0.0824. The molecular weight excluding hydrogens is 186 g/mol. The van der Waals surface area contributed by atoms with Crippen LogP contribution in [0, 0.1) is 0 Å². The number of aryl methyl sites for hydroxylation is 1. The smallest absolute Gasteiger partial charge is 0.154 e. The standard InChI is InChI=1S/C12H17N3/c1-5-9-11(12(2,3)4)14-10-7-6-8-13-15(9)10/h6-8H,5H2,1-4H3. The fourth-order valence-electron chi connectivity index (χ4n) is 1.85. The third-order valence-electron chi connectivity index (χ3n) is 2.53. The van der Waals surface area contributed by atoms with Crippen molar-refractivity contribution in [1.29, 1.82) is 0 Å². The van der Waals surface area contributed by atoms with Crippen LogP contribution in [0.3, 0.4) is 0 Å². The Balaban J connectivity index is 2.75. The van der Waals surface area contributed by atoms with Gasteiger partial charge in [0.05, 0.1) is 11.4 Å². The molecule has 0 aliphatic rings. The SMILES string of the molecule is CCc1c(C(C)(C)C)nc2cccnn12. The highest BCUT2D eigenvalue weighted by molar-refractivity contribution is 5.43. The molecule has 2 heterocycles. The van der Waals surface area contributed by atoms with Gasteiger partial charge in [-0.3, -0.25) is 0 Å². The maximum Gasteiger partial charge on any atom is 0.154 e. The van der Waals surface area contributed by atoms with Gasteiger partial charge in [0, 0.05) is 11.6 Å². The van der Waals surface area contributed by atoms with E-state index >= 15 is 0 Å². The van der Waals surface area contributed by atoms with Crippen LogP contribution < -0.4 is 0 Å². The van der Waals surface area contributed by atoms with Crippen LogP contribution in [-0.2, 0) is 11.8 Å². The monoisotopic (exact) mass is 203 g/mol. The van der Waals surface area contributed by atoms with Crippen molar-refractivity contribution < 1.29 is 0 Å². The lowest BCUT2D eigenvalue weighted by molar-refractivity contribution is 0.563. The Labute approximate surface area is 90.1 Å². The van der Waals surface area contributed by atoms with Crippen LogP contribution in [0.4, 0.5) is 0 Å². The summed E-state index contributed by atoms with van der Waals surface area (Å²) < 4.78 is 1.95. The third kappa shape index (κ3) is 1.62. The first-order valence-electron chi connectivity index (χ1n) is 5.37. The normalized spacial score (nSPS) is 12.3. The molecule has 0 atom stereocenters. The number of imidazole rings is 1. The summed E-state index contributed by atoms with van der Waals surface area (Å²) in [6.45, 7) is 8.71. The first-order chi connectivity index (χ1) is 7.04. The topological polar surface area (TPSA) is 30.2 Å². The summed E-state index contributed by atoms with van der Waals surface area (Å²) in [5.41, 5.74) is 3.40. The van der Waals surface area contributed by atoms with Crippen molar-refractivity contribution in [3.63, 3.8) is 0 Å². The molecule has 0 aliphatic heterocycles. The van der Waals surface area contributed by atoms with Crippen LogP contribution in [0.5, 0.6) is 0 Å². The molecule has 0 aromatic carbocycles. The average Bonchev–Trinajstić information content (AvgIpc) is 2.55. The fourth-order valence-corrected chi connectivity index (χ4v) is 1.85. The Hall–Kier alpha value is -1.38. The average molecular weight is 203 g/mol. The van der Waals surface area contributed by atoms with E-state index in [-0.39, 0.29) is 5.41 Å². The summed E-state index contributed by atoms with van der Waals surface area (Å²) in [7, 11) is 0. The van der Waals surface area contributed by atoms with Crippen molar-refractivity contribution in [2.75, 3.05) is 0 Å². The third-order valence-corrected chi connectivity index (χ3v) is 2.53. The molecule has 0 fully saturated rings. The summed E-state index contributed by atoms with van der Waals surface area (Å²) in [6, 6.07) is 3.93. The van der Waals surface area contributed by atoms with Crippen molar-refractivity contribution in [3.8, 4) is 0 Å². The fraction of sp³-hybridized carbons (Fsp3) is 0.500. The Bertz CT molecular complexity index is 477. The Morgan fingerprint density at radius 2 is 2.07 bits per heavy atom. The van der Waals surface area contributed by atoms with Crippen LogP contribution >= 0.6 is 0 Å². The van der Waals surface area contributed by atoms with Gasteiger partial charge in [-0.25, -0.2) is 9.50 Å². The number of rotatable bonds is 1. The second kappa shape index (κ2) is 3.33. The molecule has 0 N–H and O–H groups in total. The quantitative estimate of drug-likeness (QED) is 0.713. The van der Waals surface area contributed by atoms with E-state index in [0.717, 1.165) is 17.8 Å². The largest absolute Gasteiger partial charge is 0.231 e. The van der Waals surface area contributed by atoms with Gasteiger partial charge in [-0.05, 0) is 18.6 Å². The molecule has 80 valence electrons. The van der Waals surface area contributed by atoms with Crippen LogP contribution in [-0.4, -0.2) is 14.6 Å². The van der Waals surface area contributed by atoms with Gasteiger partial charge in [-0.2, -0.15) is 5.10 Å². The zero-order chi connectivity index (χ0) is 11.1. The zero-order valence-corrected chi connectivity index (χ0v) is 9.78. The first-order valence-corrected chi connectivity index (χ1v) is 5.37. The van der Waals surface area contributed by atoms with Gasteiger partial charge < -0.3 is 0 Å². The number of nitrogens with zero attached hydrogens (tertiary/aromatic N) is 3. The zero-order valence-electron chi connectivity index (χ0n) is 9.78. The van der Waals surface area contributed by atoms with Crippen LogP contribution in [0.1, 0.15) is 39.1 Å². The summed E-state index contributed by atoms with van der Waals surface area (Å²) in [5, 5.41) is 4.34. The van der Waals surface area contributed by atoms with Crippen molar-refractivity contribution in [1.82, 2.24) is 14.6 Å². The van der Waals surface area contributed by atoms with Crippen LogP contribution in [0.15, 0.2) is 18.3 Å². The maximum atomic E-state index is 4.66. The molecule has 0 unspecified atom stereocenters. The van der Waals surface area contributed by atoms with Crippen LogP contribution in [0.25, 0.3) is 5.65 Å². The second-order valence-corrected chi connectivity index (χ2v) is 4.80. The van der Waals surface area contributed by atoms with Crippen molar-refractivity contribution >= 4 is 5.65 Å². The highest BCUT2D eigenvalue weighted by Gasteiger charge is 2.22. The lowest BCUT2D eigenvalue weighted by Crippen LogP contribution is -2.14. The van der Waals surface area contributed by atoms with Crippen molar-refractivity contribution in [2.24, 2.45) is 0 Å². The van der Waals surface area contributed by atoms with E-state index in [9.17, 15) is 0 Å². The summed E-state index contributed by atoms with van der Waals surface area (Å²) in [6.07, 6.45) is 2.77. The number of hydrogen-bond acceptors (Lipinski definition) is 2. The minimum atomic E-state index is 0.0824. The van der Waals surface area contributed by atoms with Gasteiger partial charge >= 0.3 is 0 Å². The van der Waals surface area contributed by atoms with E-state index in [1.807, 2.05) is 16.6 Å². The molecule has 0 aliphatic carbocycles. The minimum Gasteiger partial charge on any atom is -0.231 e. The number of hydrogen-bond donors (Lipinski definition) is 0. The molecule has 0 spiro atoms. The highest BCUT2D eigenvalue weighted by Crippen LogP contribution is 2.25. The highest BCUT2D eigenvalue weighted by atomic mass is 15.3. The van der Waals surface area contributed by atoms with E-state index in [4.69, 9.17) is 0 Å². The van der Waals surface area contributed by atoms with E-state index in [0.29, 0.717) is 0 Å². The summed E-state index contributed by atoms with van der Waals surface area (Å²) in [5.74, 6) is 0. The van der Waals surface area contributed by atoms with Gasteiger partial charge in [-0.1, -0.05) is 27.7 Å². The molecule has 0 radical (unpaired) electrons. The number of fused-ring (bicyclic) bond motifs is 1. The Morgan fingerprint density at radius 1 is 1.33 bits per heavy atom. The molecule has 15 heavy (non-hydrogen) atoms. The van der Waals surface area contributed by atoms with Crippen molar-refractivity contribution in [2.45, 2.75) is 39.5 Å². The Morgan fingerprint density at radius 3 is 2.67 bits per heavy atom. The molecule has 2 rings (SSSR count). The molecule has 2 aromatic rings. The summed E-state index contributed by atoms with van der Waals surface area (Å²) in [4.78, 5) is 4.66. The van der Waals surface area contributed by atoms with Crippen molar-refractivity contribution in [3.05, 3.63) is 29.7 Å². The predicted octanol–water partition coefficient (Wildman–Crippen LogP) is 2.59. The number of aromatic nitrogens is 3. The second-order valence-electron chi connectivity index (χ2n) is 4.80. The molecule has 0 bridgehead atoms. The maximum absolute atomic E-state index is 4.66. The van der Waals surface area contributed by atoms with Gasteiger partial charge in [0.15, 0.2) is 5.65 Å². The molecule has 0 saturated carbocycles. The molecular formula is C12H17N3. The molecule has 0 amide bonds. The lowest BCUT2D eigenvalue weighted by atomic mass is 9.90. The predicted molar refractivity (Wildman–Crippen MR) is 61.1 cm³/mol. The van der Waals surface area contributed by atoms with Gasteiger partial charge in [-0.15, -0.1) is 0 Å². The summed E-state index contributed by atoms with van der Waals surface area (Å²) >= 11 is 0. The van der Waals surface area contributed by atoms with E-state index in [1.165, 1.54) is 5.69 Å². The first kappa shape index (κ1) is 10.1. The molecule has 0 saturated heterocycles. The van der Waals surface area contributed by atoms with E-state index < -0.39 is 0 Å².